The van der Waals surface area contributed by atoms with Crippen molar-refractivity contribution in [1.82, 2.24) is 10.2 Å². The van der Waals surface area contributed by atoms with Gasteiger partial charge >= 0.3 is 0 Å². The minimum Gasteiger partial charge on any atom is -0.379 e. The van der Waals surface area contributed by atoms with E-state index in [1.807, 2.05) is 36.9 Å². The zero-order chi connectivity index (χ0) is 22.1. The summed E-state index contributed by atoms with van der Waals surface area (Å²) in [5.74, 6) is 0.322. The molecule has 2 aliphatic rings. The van der Waals surface area contributed by atoms with Gasteiger partial charge in [-0.15, -0.1) is 0 Å². The summed E-state index contributed by atoms with van der Waals surface area (Å²) in [6.07, 6.45) is 9.27. The standard InChI is InChI=1S/C26H40N2O3/c1-3-20(2)25(29)27-24(22-13-8-5-9-14-22)26(30)28-17-10-15-23(28)19-31-18-16-21-11-6-4-7-12-21/h4,6-7,11-12,20,22-24H,3,5,8-10,13-19H2,1-2H3,(H,27,29)/t20-,23+,24+/m1/s1. The van der Waals surface area contributed by atoms with E-state index in [0.29, 0.717) is 13.2 Å². The third-order valence-corrected chi connectivity index (χ3v) is 7.09. The highest BCUT2D eigenvalue weighted by molar-refractivity contribution is 5.89. The molecule has 0 bridgehead atoms. The molecule has 5 nitrogen and oxygen atoms in total. The van der Waals surface area contributed by atoms with Crippen LogP contribution in [0.2, 0.25) is 0 Å². The molecule has 0 unspecified atom stereocenters. The van der Waals surface area contributed by atoms with Crippen LogP contribution in [-0.2, 0) is 20.7 Å². The molecule has 3 rings (SSSR count). The van der Waals surface area contributed by atoms with Gasteiger partial charge in [-0.2, -0.15) is 0 Å². The predicted octanol–water partition coefficient (Wildman–Crippen LogP) is 4.35. The average Bonchev–Trinajstić information content (AvgIpc) is 3.29. The number of nitrogens with zero attached hydrogens (tertiary/aromatic N) is 1. The van der Waals surface area contributed by atoms with Crippen molar-refractivity contribution >= 4 is 11.8 Å². The van der Waals surface area contributed by atoms with Crippen LogP contribution >= 0.6 is 0 Å². The number of ether oxygens (including phenoxy) is 1. The van der Waals surface area contributed by atoms with Crippen LogP contribution in [0, 0.1) is 11.8 Å². The van der Waals surface area contributed by atoms with Crippen LogP contribution in [0.25, 0.3) is 0 Å². The van der Waals surface area contributed by atoms with Gasteiger partial charge in [0.2, 0.25) is 11.8 Å². The van der Waals surface area contributed by atoms with Crippen molar-refractivity contribution in [2.75, 3.05) is 19.8 Å². The van der Waals surface area contributed by atoms with Crippen LogP contribution in [0.1, 0.15) is 70.8 Å². The molecule has 1 aliphatic heterocycles. The second kappa shape index (κ2) is 12.2. The van der Waals surface area contributed by atoms with Crippen LogP contribution in [0.15, 0.2) is 30.3 Å². The number of benzene rings is 1. The Morgan fingerprint density at radius 3 is 2.55 bits per heavy atom. The molecule has 31 heavy (non-hydrogen) atoms. The lowest BCUT2D eigenvalue weighted by molar-refractivity contribution is -0.140. The normalized spacial score (nSPS) is 21.6. The molecule has 1 saturated carbocycles. The second-order valence-corrected chi connectivity index (χ2v) is 9.33. The van der Waals surface area contributed by atoms with Crippen molar-refractivity contribution in [2.45, 2.75) is 83.7 Å². The van der Waals surface area contributed by atoms with E-state index in [1.54, 1.807) is 0 Å². The largest absolute Gasteiger partial charge is 0.379 e. The van der Waals surface area contributed by atoms with Crippen molar-refractivity contribution in [1.29, 1.82) is 0 Å². The van der Waals surface area contributed by atoms with Gasteiger partial charge in [0.1, 0.15) is 6.04 Å². The maximum atomic E-state index is 13.6. The first-order valence-corrected chi connectivity index (χ1v) is 12.3. The summed E-state index contributed by atoms with van der Waals surface area (Å²) in [5.41, 5.74) is 1.27. The molecular weight excluding hydrogens is 388 g/mol. The molecule has 5 heteroatoms. The Morgan fingerprint density at radius 1 is 1.10 bits per heavy atom. The zero-order valence-corrected chi connectivity index (χ0v) is 19.4. The van der Waals surface area contributed by atoms with Gasteiger partial charge in [0.15, 0.2) is 0 Å². The summed E-state index contributed by atoms with van der Waals surface area (Å²) in [6.45, 7) is 5.98. The summed E-state index contributed by atoms with van der Waals surface area (Å²) >= 11 is 0. The monoisotopic (exact) mass is 428 g/mol. The van der Waals surface area contributed by atoms with Crippen molar-refractivity contribution < 1.29 is 14.3 Å². The van der Waals surface area contributed by atoms with Gasteiger partial charge in [-0.3, -0.25) is 9.59 Å². The SMILES string of the molecule is CC[C@@H](C)C(=O)N[C@H](C(=O)N1CCC[C@H]1COCCc1ccccc1)C1CCCCC1. The molecular formula is C26H40N2O3. The number of hydrogen-bond donors (Lipinski definition) is 1. The maximum Gasteiger partial charge on any atom is 0.245 e. The van der Waals surface area contributed by atoms with Crippen LogP contribution in [0.4, 0.5) is 0 Å². The lowest BCUT2D eigenvalue weighted by Gasteiger charge is -2.35. The highest BCUT2D eigenvalue weighted by atomic mass is 16.5. The van der Waals surface area contributed by atoms with Crippen LogP contribution in [0.3, 0.4) is 0 Å². The van der Waals surface area contributed by atoms with Crippen LogP contribution in [-0.4, -0.2) is 48.6 Å². The number of nitrogens with one attached hydrogen (secondary N) is 1. The molecule has 1 saturated heterocycles. The fraction of sp³-hybridized carbons (Fsp3) is 0.692. The Bertz CT molecular complexity index is 687. The zero-order valence-electron chi connectivity index (χ0n) is 19.4. The lowest BCUT2D eigenvalue weighted by atomic mass is 9.83. The molecule has 2 fully saturated rings. The first kappa shape index (κ1) is 23.8. The predicted molar refractivity (Wildman–Crippen MR) is 124 cm³/mol. The number of amides is 2. The molecule has 0 spiro atoms. The number of rotatable bonds is 10. The summed E-state index contributed by atoms with van der Waals surface area (Å²) in [4.78, 5) is 28.3. The van der Waals surface area contributed by atoms with Gasteiger partial charge in [0, 0.05) is 12.5 Å². The van der Waals surface area contributed by atoms with Gasteiger partial charge in [0.25, 0.3) is 0 Å². The fourth-order valence-corrected chi connectivity index (χ4v) is 4.86. The van der Waals surface area contributed by atoms with E-state index in [2.05, 4.69) is 17.4 Å². The number of carbonyl (C=O) groups excluding carboxylic acids is 2. The van der Waals surface area contributed by atoms with Gasteiger partial charge in [-0.05, 0) is 50.0 Å². The summed E-state index contributed by atoms with van der Waals surface area (Å²) < 4.78 is 5.98. The lowest BCUT2D eigenvalue weighted by Crippen LogP contribution is -2.55. The van der Waals surface area contributed by atoms with E-state index < -0.39 is 0 Å². The molecule has 2 amide bonds. The van der Waals surface area contributed by atoms with Crippen molar-refractivity contribution in [3.63, 3.8) is 0 Å². The van der Waals surface area contributed by atoms with E-state index in [4.69, 9.17) is 4.74 Å². The first-order chi connectivity index (χ1) is 15.1. The molecule has 1 aliphatic carbocycles. The minimum absolute atomic E-state index is 0.0151. The van der Waals surface area contributed by atoms with Crippen molar-refractivity contribution in [2.24, 2.45) is 11.8 Å². The van der Waals surface area contributed by atoms with E-state index in [9.17, 15) is 9.59 Å². The third-order valence-electron chi connectivity index (χ3n) is 7.09. The third kappa shape index (κ3) is 6.80. The van der Waals surface area contributed by atoms with Gasteiger partial charge in [0.05, 0.1) is 19.3 Å². The Morgan fingerprint density at radius 2 is 1.84 bits per heavy atom. The van der Waals surface area contributed by atoms with E-state index in [0.717, 1.165) is 57.9 Å². The Balaban J connectivity index is 1.58. The Kier molecular flexibility index (Phi) is 9.38. The average molecular weight is 429 g/mol. The van der Waals surface area contributed by atoms with E-state index in [1.165, 1.54) is 12.0 Å². The van der Waals surface area contributed by atoms with Crippen LogP contribution < -0.4 is 5.32 Å². The van der Waals surface area contributed by atoms with Crippen molar-refractivity contribution in [3.05, 3.63) is 35.9 Å². The molecule has 3 atom stereocenters. The van der Waals surface area contributed by atoms with Gasteiger partial charge < -0.3 is 15.0 Å². The van der Waals surface area contributed by atoms with E-state index in [-0.39, 0.29) is 35.7 Å². The number of likely N-dealkylation sites (tertiary alicyclic amines) is 1. The molecule has 0 radical (unpaired) electrons. The highest BCUT2D eigenvalue weighted by Gasteiger charge is 2.38. The quantitative estimate of drug-likeness (QED) is 0.564. The Hall–Kier alpha value is -1.88. The number of carbonyl (C=O) groups is 2. The molecule has 0 aromatic heterocycles. The van der Waals surface area contributed by atoms with E-state index >= 15 is 0 Å². The topological polar surface area (TPSA) is 58.6 Å². The Labute approximate surface area is 187 Å². The maximum absolute atomic E-state index is 13.6. The molecule has 172 valence electrons. The fourth-order valence-electron chi connectivity index (χ4n) is 4.86. The van der Waals surface area contributed by atoms with Crippen molar-refractivity contribution in [3.8, 4) is 0 Å². The number of hydrogen-bond acceptors (Lipinski definition) is 3. The summed E-state index contributed by atoms with van der Waals surface area (Å²) in [6, 6.07) is 10.1. The molecule has 1 N–H and O–H groups in total. The first-order valence-electron chi connectivity index (χ1n) is 12.3. The minimum atomic E-state index is -0.383. The second-order valence-electron chi connectivity index (χ2n) is 9.33. The van der Waals surface area contributed by atoms with Gasteiger partial charge in [-0.1, -0.05) is 63.4 Å². The molecule has 1 aromatic carbocycles. The molecule has 1 heterocycles. The summed E-state index contributed by atoms with van der Waals surface area (Å²) in [5, 5.41) is 3.15. The summed E-state index contributed by atoms with van der Waals surface area (Å²) in [7, 11) is 0. The van der Waals surface area contributed by atoms with Crippen LogP contribution in [0.5, 0.6) is 0 Å². The highest BCUT2D eigenvalue weighted by Crippen LogP contribution is 2.29. The van der Waals surface area contributed by atoms with Gasteiger partial charge in [-0.25, -0.2) is 0 Å². The smallest absolute Gasteiger partial charge is 0.245 e. The molecule has 1 aromatic rings.